The van der Waals surface area contributed by atoms with Gasteiger partial charge in [-0.25, -0.2) is 0 Å². The molecule has 2 atom stereocenters. The van der Waals surface area contributed by atoms with E-state index in [-0.39, 0.29) is 24.2 Å². The summed E-state index contributed by atoms with van der Waals surface area (Å²) in [4.78, 5) is 27.5. The first-order chi connectivity index (χ1) is 27.0. The molecule has 8 nitrogen and oxygen atoms in total. The molecule has 1 saturated heterocycles. The van der Waals surface area contributed by atoms with Gasteiger partial charge in [-0.1, -0.05) is 104 Å². The molecule has 1 fully saturated rings. The normalized spacial score (nSPS) is 18.4. The first kappa shape index (κ1) is 34.9. The van der Waals surface area contributed by atoms with E-state index in [1.807, 2.05) is 18.2 Å². The lowest BCUT2D eigenvalue weighted by molar-refractivity contribution is -0.131. The fraction of sp³-hybridized carbons (Fsp3) is 0.234. The Labute approximate surface area is 318 Å². The number of hydrogen-bond acceptors (Lipinski definition) is 6. The highest BCUT2D eigenvalue weighted by atomic mass is 16.5. The van der Waals surface area contributed by atoms with Gasteiger partial charge in [-0.3, -0.25) is 9.59 Å². The SMILES string of the molecule is C=C1OCCCCOC(C(=O)Nc2ccc3ccc4cccc5ccc2c3c45)COCCCCOC1C(=O)Nc1ccc2ccc3cccc4ccc1c2c34. The van der Waals surface area contributed by atoms with Crippen LogP contribution in [0.1, 0.15) is 25.7 Å². The molecule has 0 radical (unpaired) electrons. The molecule has 276 valence electrons. The molecule has 55 heavy (non-hydrogen) atoms. The quantitative estimate of drug-likeness (QED) is 0.175. The zero-order chi connectivity index (χ0) is 37.3. The van der Waals surface area contributed by atoms with E-state index in [1.54, 1.807) is 0 Å². The van der Waals surface area contributed by atoms with Crippen molar-refractivity contribution in [2.45, 2.75) is 37.9 Å². The summed E-state index contributed by atoms with van der Waals surface area (Å²) in [5.74, 6) is -0.327. The molecule has 1 heterocycles. The van der Waals surface area contributed by atoms with Gasteiger partial charge in [0.2, 0.25) is 0 Å². The molecular formula is C47H42N2O6. The molecule has 0 aromatic heterocycles. The third kappa shape index (κ3) is 6.78. The predicted octanol–water partition coefficient (Wildman–Crippen LogP) is 9.95. The Morgan fingerprint density at radius 2 is 0.964 bits per heavy atom. The Kier molecular flexibility index (Phi) is 9.62. The first-order valence-electron chi connectivity index (χ1n) is 19.1. The average Bonchev–Trinajstić information content (AvgIpc) is 3.21. The molecule has 2 amide bonds. The van der Waals surface area contributed by atoms with Gasteiger partial charge in [-0.05, 0) is 91.7 Å². The second kappa shape index (κ2) is 15.1. The number of hydrogen-bond donors (Lipinski definition) is 2. The average molecular weight is 731 g/mol. The van der Waals surface area contributed by atoms with Crippen LogP contribution in [0.3, 0.4) is 0 Å². The second-order valence-corrected chi connectivity index (χ2v) is 14.3. The number of benzene rings is 8. The van der Waals surface area contributed by atoms with Crippen molar-refractivity contribution in [1.82, 2.24) is 0 Å². The standard InChI is InChI=1S/C47H42N2O6/c1-29-45(47(51)49-39-23-19-35-15-13-31-9-7-11-33-17-21-37(39)44(35)42(31)33)55-27-3-2-24-52-28-40(54-26-5-4-25-53-29)46(50)48-38-22-18-34-14-12-30-8-6-10-32-16-20-36(38)43(34)41(30)32/h6-23,40,45H,1-5,24-28H2,(H,48,50)(H,49,51). The van der Waals surface area contributed by atoms with Crippen LogP contribution in [-0.4, -0.2) is 57.1 Å². The molecule has 0 spiro atoms. The van der Waals surface area contributed by atoms with Crippen molar-refractivity contribution in [2.24, 2.45) is 0 Å². The van der Waals surface area contributed by atoms with Crippen LogP contribution in [0, 0.1) is 0 Å². The van der Waals surface area contributed by atoms with Crippen LogP contribution in [0.25, 0.3) is 64.6 Å². The molecule has 0 bridgehead atoms. The van der Waals surface area contributed by atoms with Crippen LogP contribution in [0.5, 0.6) is 0 Å². The van der Waals surface area contributed by atoms with Crippen LogP contribution < -0.4 is 10.6 Å². The van der Waals surface area contributed by atoms with Gasteiger partial charge >= 0.3 is 0 Å². The fourth-order valence-electron chi connectivity index (χ4n) is 8.02. The molecule has 8 heteroatoms. The van der Waals surface area contributed by atoms with E-state index < -0.39 is 12.2 Å². The van der Waals surface area contributed by atoms with Crippen molar-refractivity contribution < 1.29 is 28.5 Å². The Bertz CT molecular complexity index is 2660. The van der Waals surface area contributed by atoms with Gasteiger partial charge in [0.15, 0.2) is 12.2 Å². The topological polar surface area (TPSA) is 95.1 Å². The second-order valence-electron chi connectivity index (χ2n) is 14.3. The summed E-state index contributed by atoms with van der Waals surface area (Å²) < 4.78 is 24.2. The van der Waals surface area contributed by atoms with E-state index in [1.165, 1.54) is 21.5 Å². The maximum absolute atomic E-state index is 13.8. The highest BCUT2D eigenvalue weighted by molar-refractivity contribution is 6.27. The molecule has 2 unspecified atom stereocenters. The molecular weight excluding hydrogens is 689 g/mol. The molecule has 1 aliphatic heterocycles. The highest BCUT2D eigenvalue weighted by Gasteiger charge is 2.26. The first-order valence-corrected chi connectivity index (χ1v) is 19.1. The molecule has 0 saturated carbocycles. The number of carbonyl (C=O) groups excluding carboxylic acids is 2. The van der Waals surface area contributed by atoms with Crippen molar-refractivity contribution in [3.8, 4) is 0 Å². The minimum Gasteiger partial charge on any atom is -0.495 e. The van der Waals surface area contributed by atoms with Gasteiger partial charge in [0, 0.05) is 42.0 Å². The lowest BCUT2D eigenvalue weighted by Crippen LogP contribution is -2.35. The van der Waals surface area contributed by atoms with Crippen LogP contribution in [0.4, 0.5) is 11.4 Å². The summed E-state index contributed by atoms with van der Waals surface area (Å²) in [6.07, 6.45) is 0.793. The van der Waals surface area contributed by atoms with Crippen LogP contribution in [-0.2, 0) is 28.5 Å². The summed E-state index contributed by atoms with van der Waals surface area (Å²) in [7, 11) is 0. The summed E-state index contributed by atoms with van der Waals surface area (Å²) in [6, 6.07) is 37.5. The maximum Gasteiger partial charge on any atom is 0.261 e. The zero-order valence-electron chi connectivity index (χ0n) is 30.6. The van der Waals surface area contributed by atoms with E-state index in [2.05, 4.69) is 108 Å². The number of rotatable bonds is 4. The van der Waals surface area contributed by atoms with Gasteiger partial charge in [0.1, 0.15) is 5.76 Å². The van der Waals surface area contributed by atoms with Gasteiger partial charge in [0.25, 0.3) is 11.8 Å². The fourth-order valence-corrected chi connectivity index (χ4v) is 8.02. The lowest BCUT2D eigenvalue weighted by Gasteiger charge is -2.22. The van der Waals surface area contributed by atoms with Gasteiger partial charge in [-0.2, -0.15) is 0 Å². The predicted molar refractivity (Wildman–Crippen MR) is 221 cm³/mol. The number of ether oxygens (including phenoxy) is 4. The Hall–Kier alpha value is -5.80. The van der Waals surface area contributed by atoms with E-state index in [9.17, 15) is 9.59 Å². The monoisotopic (exact) mass is 730 g/mol. The van der Waals surface area contributed by atoms with E-state index in [4.69, 9.17) is 18.9 Å². The van der Waals surface area contributed by atoms with Crippen molar-refractivity contribution in [3.63, 3.8) is 0 Å². The zero-order valence-corrected chi connectivity index (χ0v) is 30.6. The van der Waals surface area contributed by atoms with Crippen molar-refractivity contribution in [2.75, 3.05) is 43.7 Å². The van der Waals surface area contributed by atoms with E-state index in [0.717, 1.165) is 48.8 Å². The molecule has 1 aliphatic rings. The molecule has 8 aromatic rings. The third-order valence-corrected chi connectivity index (χ3v) is 10.8. The van der Waals surface area contributed by atoms with E-state index >= 15 is 0 Å². The number of nitrogens with one attached hydrogen (secondary N) is 2. The minimum absolute atomic E-state index is 0.121. The van der Waals surface area contributed by atoms with Crippen LogP contribution in [0.2, 0.25) is 0 Å². The molecule has 8 aromatic carbocycles. The summed E-state index contributed by atoms with van der Waals surface area (Å²) in [6.45, 7) is 5.59. The van der Waals surface area contributed by atoms with Crippen molar-refractivity contribution >= 4 is 87.8 Å². The Morgan fingerprint density at radius 3 is 1.55 bits per heavy atom. The third-order valence-electron chi connectivity index (χ3n) is 10.8. The number of anilines is 2. The van der Waals surface area contributed by atoms with Crippen LogP contribution >= 0.6 is 0 Å². The van der Waals surface area contributed by atoms with E-state index in [0.29, 0.717) is 57.8 Å². The van der Waals surface area contributed by atoms with Gasteiger partial charge in [0.05, 0.1) is 13.2 Å². The largest absolute Gasteiger partial charge is 0.495 e. The van der Waals surface area contributed by atoms with Crippen LogP contribution in [0.15, 0.2) is 122 Å². The van der Waals surface area contributed by atoms with Crippen molar-refractivity contribution in [3.05, 3.63) is 122 Å². The maximum atomic E-state index is 13.8. The lowest BCUT2D eigenvalue weighted by atomic mass is 9.93. The number of carbonyl (C=O) groups is 2. The molecule has 2 N–H and O–H groups in total. The highest BCUT2D eigenvalue weighted by Crippen LogP contribution is 2.39. The minimum atomic E-state index is -0.989. The molecule has 0 aliphatic carbocycles. The summed E-state index contributed by atoms with van der Waals surface area (Å²) in [5, 5.41) is 19.8. The molecule has 9 rings (SSSR count). The Balaban J connectivity index is 0.848. The smallest absolute Gasteiger partial charge is 0.261 e. The Morgan fingerprint density at radius 1 is 0.509 bits per heavy atom. The van der Waals surface area contributed by atoms with Gasteiger partial charge in [-0.15, -0.1) is 0 Å². The summed E-state index contributed by atoms with van der Waals surface area (Å²) >= 11 is 0. The summed E-state index contributed by atoms with van der Waals surface area (Å²) in [5.41, 5.74) is 1.45. The van der Waals surface area contributed by atoms with Crippen molar-refractivity contribution in [1.29, 1.82) is 0 Å². The van der Waals surface area contributed by atoms with Gasteiger partial charge < -0.3 is 29.6 Å². The number of amides is 2.